The van der Waals surface area contributed by atoms with Gasteiger partial charge in [0, 0.05) is 18.7 Å². The molecular formula is C12H13N3O3S. The maximum atomic E-state index is 12.2. The van der Waals surface area contributed by atoms with Crippen molar-refractivity contribution in [2.24, 2.45) is 5.92 Å². The quantitative estimate of drug-likeness (QED) is 0.526. The maximum Gasteiger partial charge on any atom is 0.270 e. The van der Waals surface area contributed by atoms with Gasteiger partial charge in [0.15, 0.2) is 0 Å². The van der Waals surface area contributed by atoms with Crippen LogP contribution < -0.4 is 5.56 Å². The molecule has 0 aliphatic carbocycles. The van der Waals surface area contributed by atoms with Gasteiger partial charge in [0.1, 0.15) is 0 Å². The van der Waals surface area contributed by atoms with Gasteiger partial charge in [-0.3, -0.25) is 19.5 Å². The van der Waals surface area contributed by atoms with Gasteiger partial charge < -0.3 is 0 Å². The Morgan fingerprint density at radius 1 is 1.53 bits per heavy atom. The van der Waals surface area contributed by atoms with E-state index in [0.717, 1.165) is 0 Å². The van der Waals surface area contributed by atoms with Crippen LogP contribution in [0.1, 0.15) is 6.92 Å². The summed E-state index contributed by atoms with van der Waals surface area (Å²) in [6.45, 7) is 2.46. The molecule has 2 aromatic rings. The summed E-state index contributed by atoms with van der Waals surface area (Å²) in [5, 5.41) is 11.0. The molecule has 0 aliphatic heterocycles. The van der Waals surface area contributed by atoms with Gasteiger partial charge >= 0.3 is 0 Å². The first-order valence-corrected chi connectivity index (χ1v) is 6.40. The molecule has 1 aromatic heterocycles. The number of hydrogen-bond acceptors (Lipinski definition) is 5. The van der Waals surface area contributed by atoms with Gasteiger partial charge in [0.05, 0.1) is 22.2 Å². The van der Waals surface area contributed by atoms with Crippen LogP contribution in [0.5, 0.6) is 0 Å². The SMILES string of the molecule is CC(CS)Cn1cnc2ccc([N+](=O)[O-])cc2c1=O. The van der Waals surface area contributed by atoms with Gasteiger partial charge in [-0.15, -0.1) is 0 Å². The summed E-state index contributed by atoms with van der Waals surface area (Å²) in [6.07, 6.45) is 1.47. The van der Waals surface area contributed by atoms with E-state index in [4.69, 9.17) is 0 Å². The van der Waals surface area contributed by atoms with Crippen LogP contribution in [0.4, 0.5) is 5.69 Å². The lowest BCUT2D eigenvalue weighted by molar-refractivity contribution is -0.384. The number of nitrogens with zero attached hydrogens (tertiary/aromatic N) is 3. The lowest BCUT2D eigenvalue weighted by Crippen LogP contribution is -2.24. The molecule has 1 aromatic carbocycles. The standard InChI is InChI=1S/C12H13N3O3S/c1-8(6-19)5-14-7-13-11-3-2-9(15(17)18)4-10(11)12(14)16/h2-4,7-8,19H,5-6H2,1H3. The number of benzene rings is 1. The summed E-state index contributed by atoms with van der Waals surface area (Å²) in [5.41, 5.74) is 0.0964. The molecule has 0 saturated carbocycles. The lowest BCUT2D eigenvalue weighted by atomic mass is 10.2. The number of hydrogen-bond donors (Lipinski definition) is 1. The van der Waals surface area contributed by atoms with Gasteiger partial charge in [0.25, 0.3) is 11.2 Å². The Hall–Kier alpha value is -1.89. The molecule has 19 heavy (non-hydrogen) atoms. The molecule has 2 rings (SSSR count). The fraction of sp³-hybridized carbons (Fsp3) is 0.333. The van der Waals surface area contributed by atoms with Crippen molar-refractivity contribution >= 4 is 29.2 Å². The second kappa shape index (κ2) is 5.40. The molecular weight excluding hydrogens is 266 g/mol. The Morgan fingerprint density at radius 2 is 2.26 bits per heavy atom. The molecule has 0 amide bonds. The maximum absolute atomic E-state index is 12.2. The molecule has 7 heteroatoms. The van der Waals surface area contributed by atoms with E-state index in [2.05, 4.69) is 17.6 Å². The summed E-state index contributed by atoms with van der Waals surface area (Å²) in [7, 11) is 0. The molecule has 0 spiro atoms. The van der Waals surface area contributed by atoms with Crippen molar-refractivity contribution in [3.63, 3.8) is 0 Å². The first-order valence-electron chi connectivity index (χ1n) is 5.77. The van der Waals surface area contributed by atoms with E-state index in [9.17, 15) is 14.9 Å². The van der Waals surface area contributed by atoms with Crippen molar-refractivity contribution in [2.75, 3.05) is 5.75 Å². The van der Waals surface area contributed by atoms with Crippen LogP contribution in [-0.4, -0.2) is 20.2 Å². The number of thiol groups is 1. The van der Waals surface area contributed by atoms with Crippen LogP contribution in [0, 0.1) is 16.0 Å². The Morgan fingerprint density at radius 3 is 2.89 bits per heavy atom. The van der Waals surface area contributed by atoms with Crippen molar-refractivity contribution in [3.05, 3.63) is 45.0 Å². The molecule has 0 radical (unpaired) electrons. The van der Waals surface area contributed by atoms with E-state index in [1.807, 2.05) is 6.92 Å². The number of nitro benzene ring substituents is 1. The monoisotopic (exact) mass is 279 g/mol. The summed E-state index contributed by atoms with van der Waals surface area (Å²) in [4.78, 5) is 26.6. The van der Waals surface area contributed by atoms with Crippen LogP contribution in [0.15, 0.2) is 29.3 Å². The van der Waals surface area contributed by atoms with E-state index in [1.165, 1.54) is 29.1 Å². The van der Waals surface area contributed by atoms with E-state index in [1.54, 1.807) is 0 Å². The summed E-state index contributed by atoms with van der Waals surface area (Å²) < 4.78 is 1.47. The minimum Gasteiger partial charge on any atom is -0.298 e. The molecule has 0 saturated heterocycles. The zero-order chi connectivity index (χ0) is 14.0. The highest BCUT2D eigenvalue weighted by molar-refractivity contribution is 7.80. The topological polar surface area (TPSA) is 78.0 Å². The average molecular weight is 279 g/mol. The zero-order valence-corrected chi connectivity index (χ0v) is 11.2. The highest BCUT2D eigenvalue weighted by Crippen LogP contribution is 2.16. The van der Waals surface area contributed by atoms with Gasteiger partial charge in [-0.25, -0.2) is 4.98 Å². The molecule has 0 N–H and O–H groups in total. The highest BCUT2D eigenvalue weighted by atomic mass is 32.1. The fourth-order valence-corrected chi connectivity index (χ4v) is 1.90. The molecule has 0 fully saturated rings. The van der Waals surface area contributed by atoms with E-state index < -0.39 is 4.92 Å². The first-order chi connectivity index (χ1) is 9.02. The third kappa shape index (κ3) is 2.76. The molecule has 1 atom stereocenters. The van der Waals surface area contributed by atoms with Crippen LogP contribution in [0.3, 0.4) is 0 Å². The van der Waals surface area contributed by atoms with Crippen LogP contribution in [-0.2, 0) is 6.54 Å². The number of rotatable bonds is 4. The van der Waals surface area contributed by atoms with Gasteiger partial charge in [-0.2, -0.15) is 12.6 Å². The third-order valence-electron chi connectivity index (χ3n) is 2.84. The predicted molar refractivity (Wildman–Crippen MR) is 75.7 cm³/mol. The molecule has 1 unspecified atom stereocenters. The van der Waals surface area contributed by atoms with Crippen molar-refractivity contribution in [2.45, 2.75) is 13.5 Å². The number of nitro groups is 1. The summed E-state index contributed by atoms with van der Waals surface area (Å²) in [6, 6.07) is 4.10. The number of fused-ring (bicyclic) bond motifs is 1. The van der Waals surface area contributed by atoms with Gasteiger partial charge in [-0.1, -0.05) is 6.92 Å². The normalized spacial score (nSPS) is 12.5. The Bertz CT molecular complexity index is 683. The molecule has 100 valence electrons. The largest absolute Gasteiger partial charge is 0.298 e. The van der Waals surface area contributed by atoms with Crippen molar-refractivity contribution in [1.82, 2.24) is 9.55 Å². The van der Waals surface area contributed by atoms with Crippen molar-refractivity contribution in [3.8, 4) is 0 Å². The second-order valence-corrected chi connectivity index (χ2v) is 4.81. The molecule has 6 nitrogen and oxygen atoms in total. The minimum atomic E-state index is -0.521. The lowest BCUT2D eigenvalue weighted by Gasteiger charge is -2.10. The van der Waals surface area contributed by atoms with E-state index in [0.29, 0.717) is 17.8 Å². The highest BCUT2D eigenvalue weighted by Gasteiger charge is 2.11. The molecule has 1 heterocycles. The van der Waals surface area contributed by atoms with Crippen LogP contribution in [0.2, 0.25) is 0 Å². The Kier molecular flexibility index (Phi) is 3.84. The summed E-state index contributed by atoms with van der Waals surface area (Å²) >= 11 is 4.17. The van der Waals surface area contributed by atoms with Crippen molar-refractivity contribution < 1.29 is 4.92 Å². The van der Waals surface area contributed by atoms with E-state index in [-0.39, 0.29) is 22.6 Å². The number of non-ortho nitro benzene ring substituents is 1. The first kappa shape index (κ1) is 13.5. The van der Waals surface area contributed by atoms with Crippen LogP contribution in [0.25, 0.3) is 10.9 Å². The average Bonchev–Trinajstić information content (AvgIpc) is 2.41. The number of aromatic nitrogens is 2. The van der Waals surface area contributed by atoms with Gasteiger partial charge in [-0.05, 0) is 17.7 Å². The van der Waals surface area contributed by atoms with Gasteiger partial charge in [0.2, 0.25) is 0 Å². The second-order valence-electron chi connectivity index (χ2n) is 4.45. The minimum absolute atomic E-state index is 0.105. The van der Waals surface area contributed by atoms with Crippen molar-refractivity contribution in [1.29, 1.82) is 0 Å². The summed E-state index contributed by atoms with van der Waals surface area (Å²) in [5.74, 6) is 0.873. The van der Waals surface area contributed by atoms with Crippen LogP contribution >= 0.6 is 12.6 Å². The molecule has 0 aliphatic rings. The zero-order valence-electron chi connectivity index (χ0n) is 10.3. The third-order valence-corrected chi connectivity index (χ3v) is 3.46. The smallest absolute Gasteiger partial charge is 0.270 e. The van der Waals surface area contributed by atoms with E-state index >= 15 is 0 Å². The Balaban J connectivity index is 2.56. The Labute approximate surface area is 114 Å². The molecule has 0 bridgehead atoms. The fourth-order valence-electron chi connectivity index (χ4n) is 1.78. The predicted octanol–water partition coefficient (Wildman–Crippen LogP) is 1.87.